The van der Waals surface area contributed by atoms with Gasteiger partial charge in [0.25, 0.3) is 0 Å². The number of ketones is 2. The highest BCUT2D eigenvalue weighted by Gasteiger charge is 2.35. The Balaban J connectivity index is 1.84. The van der Waals surface area contributed by atoms with E-state index < -0.39 is 5.60 Å². The lowest BCUT2D eigenvalue weighted by molar-refractivity contribution is -0.133. The van der Waals surface area contributed by atoms with Crippen molar-refractivity contribution in [2.24, 2.45) is 0 Å². The fraction of sp³-hybridized carbons (Fsp3) is 0.920. The Morgan fingerprint density at radius 3 is 1.75 bits per heavy atom. The summed E-state index contributed by atoms with van der Waals surface area (Å²) in [6.45, 7) is 2.27. The van der Waals surface area contributed by atoms with Crippen LogP contribution in [0.4, 0.5) is 0 Å². The number of unbranched alkanes of at least 4 members (excludes halogenated alkanes) is 14. The second-order valence-corrected chi connectivity index (χ2v) is 9.21. The molecule has 3 heteroatoms. The summed E-state index contributed by atoms with van der Waals surface area (Å²) in [5, 5.41) is 10.4. The zero-order chi connectivity index (χ0) is 20.5. The first-order valence-electron chi connectivity index (χ1n) is 12.3. The summed E-state index contributed by atoms with van der Waals surface area (Å²) in [5.74, 6) is 0.236. The summed E-state index contributed by atoms with van der Waals surface area (Å²) in [7, 11) is 0. The van der Waals surface area contributed by atoms with Gasteiger partial charge < -0.3 is 5.11 Å². The molecule has 0 aromatic carbocycles. The predicted octanol–water partition coefficient (Wildman–Crippen LogP) is 7.08. The molecule has 1 aliphatic carbocycles. The molecular weight excluding hydrogens is 348 g/mol. The molecule has 1 N–H and O–H groups in total. The van der Waals surface area contributed by atoms with E-state index in [1.807, 2.05) is 0 Å². The largest absolute Gasteiger partial charge is 0.389 e. The minimum absolute atomic E-state index is 0.105. The molecule has 3 nitrogen and oxygen atoms in total. The maximum Gasteiger partial charge on any atom is 0.135 e. The summed E-state index contributed by atoms with van der Waals surface area (Å²) in [4.78, 5) is 23.6. The van der Waals surface area contributed by atoms with E-state index in [1.54, 1.807) is 0 Å². The molecule has 28 heavy (non-hydrogen) atoms. The second-order valence-electron chi connectivity index (χ2n) is 9.21. The van der Waals surface area contributed by atoms with Gasteiger partial charge in [0.2, 0.25) is 0 Å². The Morgan fingerprint density at radius 1 is 0.821 bits per heavy atom. The van der Waals surface area contributed by atoms with Crippen molar-refractivity contribution in [2.75, 3.05) is 0 Å². The molecule has 0 radical (unpaired) electrons. The molecule has 0 amide bonds. The standard InChI is InChI=1S/C25H46O3/c1-2-3-4-5-6-7-8-9-10-11-12-13-14-15-16-18-23(26)21-25(28)20-17-19-24(27)22-25/h28H,2-22H2,1H3. The van der Waals surface area contributed by atoms with Crippen LogP contribution in [0.5, 0.6) is 0 Å². The van der Waals surface area contributed by atoms with E-state index in [-0.39, 0.29) is 24.4 Å². The lowest BCUT2D eigenvalue weighted by atomic mass is 9.80. The molecule has 0 spiro atoms. The quantitative estimate of drug-likeness (QED) is 0.253. The number of Topliss-reactive ketones (excluding diaryl/α,β-unsaturated/α-hetero) is 2. The van der Waals surface area contributed by atoms with Gasteiger partial charge in [0, 0.05) is 25.7 Å². The number of rotatable bonds is 18. The van der Waals surface area contributed by atoms with E-state index in [0.29, 0.717) is 19.3 Å². The predicted molar refractivity (Wildman–Crippen MR) is 118 cm³/mol. The lowest BCUT2D eigenvalue weighted by Gasteiger charge is -2.30. The topological polar surface area (TPSA) is 54.4 Å². The van der Waals surface area contributed by atoms with Crippen molar-refractivity contribution in [2.45, 2.75) is 147 Å². The molecule has 0 saturated heterocycles. The zero-order valence-electron chi connectivity index (χ0n) is 18.6. The molecular formula is C25H46O3. The van der Waals surface area contributed by atoms with Gasteiger partial charge in [-0.05, 0) is 19.3 Å². The first-order valence-corrected chi connectivity index (χ1v) is 12.3. The lowest BCUT2D eigenvalue weighted by Crippen LogP contribution is -2.37. The van der Waals surface area contributed by atoms with Crippen LogP contribution in [0.1, 0.15) is 142 Å². The van der Waals surface area contributed by atoms with E-state index >= 15 is 0 Å². The van der Waals surface area contributed by atoms with E-state index in [1.165, 1.54) is 83.5 Å². The van der Waals surface area contributed by atoms with Gasteiger partial charge in [-0.2, -0.15) is 0 Å². The monoisotopic (exact) mass is 394 g/mol. The third-order valence-electron chi connectivity index (χ3n) is 6.21. The maximum absolute atomic E-state index is 12.1. The van der Waals surface area contributed by atoms with Crippen molar-refractivity contribution in [3.8, 4) is 0 Å². The van der Waals surface area contributed by atoms with Crippen LogP contribution in [0.3, 0.4) is 0 Å². The minimum atomic E-state index is -1.04. The summed E-state index contributed by atoms with van der Waals surface area (Å²) >= 11 is 0. The number of hydrogen-bond acceptors (Lipinski definition) is 3. The highest BCUT2D eigenvalue weighted by molar-refractivity contribution is 5.84. The SMILES string of the molecule is CCCCCCCCCCCCCCCCCC(=O)CC1(O)CCCC(=O)C1. The van der Waals surface area contributed by atoms with Crippen LogP contribution in [0.2, 0.25) is 0 Å². The Kier molecular flexibility index (Phi) is 14.6. The van der Waals surface area contributed by atoms with Crippen LogP contribution in [0.25, 0.3) is 0 Å². The number of carbonyl (C=O) groups is 2. The summed E-state index contributed by atoms with van der Waals surface area (Å²) in [5.41, 5.74) is -1.04. The van der Waals surface area contributed by atoms with Crippen LogP contribution in [-0.4, -0.2) is 22.3 Å². The Hall–Kier alpha value is -0.700. The Morgan fingerprint density at radius 2 is 1.29 bits per heavy atom. The highest BCUT2D eigenvalue weighted by atomic mass is 16.3. The highest BCUT2D eigenvalue weighted by Crippen LogP contribution is 2.29. The number of aliphatic hydroxyl groups is 1. The average Bonchev–Trinajstić information content (AvgIpc) is 2.64. The molecule has 1 saturated carbocycles. The summed E-state index contributed by atoms with van der Waals surface area (Å²) in [6, 6.07) is 0. The second kappa shape index (κ2) is 16.1. The molecule has 0 aliphatic heterocycles. The zero-order valence-corrected chi connectivity index (χ0v) is 18.6. The van der Waals surface area contributed by atoms with Crippen LogP contribution in [0.15, 0.2) is 0 Å². The van der Waals surface area contributed by atoms with Gasteiger partial charge in [0.15, 0.2) is 0 Å². The molecule has 0 aromatic heterocycles. The van der Waals surface area contributed by atoms with Crippen LogP contribution in [0, 0.1) is 0 Å². The van der Waals surface area contributed by atoms with Crippen molar-refractivity contribution in [1.29, 1.82) is 0 Å². The number of carbonyl (C=O) groups excluding carboxylic acids is 2. The van der Waals surface area contributed by atoms with Crippen molar-refractivity contribution in [3.05, 3.63) is 0 Å². The van der Waals surface area contributed by atoms with Crippen molar-refractivity contribution in [3.63, 3.8) is 0 Å². The molecule has 0 bridgehead atoms. The fourth-order valence-corrected chi connectivity index (χ4v) is 4.46. The Labute approximate surface area is 174 Å². The van der Waals surface area contributed by atoms with Crippen molar-refractivity contribution in [1.82, 2.24) is 0 Å². The van der Waals surface area contributed by atoms with E-state index in [2.05, 4.69) is 6.92 Å². The van der Waals surface area contributed by atoms with Crippen LogP contribution < -0.4 is 0 Å². The summed E-state index contributed by atoms with van der Waals surface area (Å²) in [6.07, 6.45) is 22.6. The fourth-order valence-electron chi connectivity index (χ4n) is 4.46. The maximum atomic E-state index is 12.1. The average molecular weight is 395 g/mol. The number of hydrogen-bond donors (Lipinski definition) is 1. The van der Waals surface area contributed by atoms with Gasteiger partial charge in [-0.15, -0.1) is 0 Å². The molecule has 1 rings (SSSR count). The van der Waals surface area contributed by atoms with Gasteiger partial charge in [-0.1, -0.05) is 96.8 Å². The first kappa shape index (κ1) is 25.3. The normalized spacial score (nSPS) is 19.9. The van der Waals surface area contributed by atoms with Crippen LogP contribution in [-0.2, 0) is 9.59 Å². The molecule has 0 heterocycles. The van der Waals surface area contributed by atoms with Gasteiger partial charge in [0.1, 0.15) is 11.6 Å². The molecule has 1 unspecified atom stereocenters. The van der Waals surface area contributed by atoms with Crippen LogP contribution >= 0.6 is 0 Å². The third kappa shape index (κ3) is 13.5. The van der Waals surface area contributed by atoms with Crippen molar-refractivity contribution < 1.29 is 14.7 Å². The van der Waals surface area contributed by atoms with Gasteiger partial charge in [-0.3, -0.25) is 9.59 Å². The molecule has 1 atom stereocenters. The van der Waals surface area contributed by atoms with E-state index in [0.717, 1.165) is 19.3 Å². The Bertz CT molecular complexity index is 418. The smallest absolute Gasteiger partial charge is 0.135 e. The minimum Gasteiger partial charge on any atom is -0.389 e. The van der Waals surface area contributed by atoms with Gasteiger partial charge >= 0.3 is 0 Å². The van der Waals surface area contributed by atoms with E-state index in [9.17, 15) is 14.7 Å². The molecule has 0 aromatic rings. The molecule has 1 fully saturated rings. The van der Waals surface area contributed by atoms with E-state index in [4.69, 9.17) is 0 Å². The van der Waals surface area contributed by atoms with Crippen molar-refractivity contribution >= 4 is 11.6 Å². The molecule has 164 valence electrons. The van der Waals surface area contributed by atoms with Gasteiger partial charge in [0.05, 0.1) is 5.60 Å². The summed E-state index contributed by atoms with van der Waals surface area (Å²) < 4.78 is 0. The third-order valence-corrected chi connectivity index (χ3v) is 6.21. The molecule has 1 aliphatic rings. The van der Waals surface area contributed by atoms with Gasteiger partial charge in [-0.25, -0.2) is 0 Å². The first-order chi connectivity index (χ1) is 13.6.